The summed E-state index contributed by atoms with van der Waals surface area (Å²) in [4.78, 5) is 0. The Morgan fingerprint density at radius 1 is 1.22 bits per heavy atom. The number of nitrogens with zero attached hydrogens (tertiary/aromatic N) is 1. The topological polar surface area (TPSA) is 35.8 Å². The molecule has 90 valence electrons. The lowest BCUT2D eigenvalue weighted by molar-refractivity contribution is 0.629. The molecule has 18 heavy (non-hydrogen) atoms. The van der Waals surface area contributed by atoms with Crippen LogP contribution < -0.4 is 5.32 Å². The Morgan fingerprint density at radius 3 is 2.67 bits per heavy atom. The van der Waals surface area contributed by atoms with Crippen molar-refractivity contribution in [2.75, 3.05) is 5.32 Å². The van der Waals surface area contributed by atoms with Crippen LogP contribution in [0.1, 0.15) is 11.1 Å². The molecule has 0 aliphatic rings. The highest BCUT2D eigenvalue weighted by Gasteiger charge is 2.04. The zero-order valence-electron chi connectivity index (χ0n) is 9.45. The van der Waals surface area contributed by atoms with Crippen LogP contribution in [0.5, 0.6) is 0 Å². The van der Waals surface area contributed by atoms with Gasteiger partial charge in [-0.3, -0.25) is 0 Å². The molecule has 0 aliphatic heterocycles. The quantitative estimate of drug-likeness (QED) is 0.907. The van der Waals surface area contributed by atoms with Crippen molar-refractivity contribution in [3.63, 3.8) is 0 Å². The Bertz CT molecular complexity index is 605. The SMILES string of the molecule is N#Cc1ccc(NCc2ccccc2Cl)c(F)c1. The van der Waals surface area contributed by atoms with Crippen LogP contribution in [0.15, 0.2) is 42.5 Å². The largest absolute Gasteiger partial charge is 0.379 e. The fourth-order valence-corrected chi connectivity index (χ4v) is 1.76. The zero-order chi connectivity index (χ0) is 13.0. The van der Waals surface area contributed by atoms with Gasteiger partial charge in [0.05, 0.1) is 17.3 Å². The fraction of sp³-hybridized carbons (Fsp3) is 0.0714. The van der Waals surface area contributed by atoms with Crippen LogP contribution in [0.2, 0.25) is 5.02 Å². The molecule has 0 fully saturated rings. The van der Waals surface area contributed by atoms with Crippen molar-refractivity contribution >= 4 is 17.3 Å². The van der Waals surface area contributed by atoms with E-state index in [1.165, 1.54) is 6.07 Å². The molecule has 0 radical (unpaired) electrons. The fourth-order valence-electron chi connectivity index (χ4n) is 1.56. The van der Waals surface area contributed by atoms with Crippen LogP contribution in [0.4, 0.5) is 10.1 Å². The van der Waals surface area contributed by atoms with Gasteiger partial charge in [0.1, 0.15) is 5.82 Å². The number of benzene rings is 2. The molecule has 1 N–H and O–H groups in total. The third-order valence-electron chi connectivity index (χ3n) is 2.53. The van der Waals surface area contributed by atoms with Crippen LogP contribution in [0.25, 0.3) is 0 Å². The van der Waals surface area contributed by atoms with E-state index >= 15 is 0 Å². The number of nitrogens with one attached hydrogen (secondary N) is 1. The first-order valence-electron chi connectivity index (χ1n) is 5.37. The number of hydrogen-bond donors (Lipinski definition) is 1. The van der Waals surface area contributed by atoms with Gasteiger partial charge in [-0.1, -0.05) is 29.8 Å². The molecule has 2 aromatic carbocycles. The summed E-state index contributed by atoms with van der Waals surface area (Å²) in [6, 6.07) is 13.6. The van der Waals surface area contributed by atoms with Gasteiger partial charge in [-0.2, -0.15) is 5.26 Å². The smallest absolute Gasteiger partial charge is 0.147 e. The van der Waals surface area contributed by atoms with E-state index in [9.17, 15) is 4.39 Å². The first-order chi connectivity index (χ1) is 8.70. The van der Waals surface area contributed by atoms with Crippen molar-refractivity contribution in [3.05, 3.63) is 64.4 Å². The van der Waals surface area contributed by atoms with Crippen LogP contribution >= 0.6 is 11.6 Å². The highest BCUT2D eigenvalue weighted by atomic mass is 35.5. The maximum atomic E-state index is 13.6. The first-order valence-corrected chi connectivity index (χ1v) is 5.75. The summed E-state index contributed by atoms with van der Waals surface area (Å²) in [5.74, 6) is -0.443. The van der Waals surface area contributed by atoms with Crippen molar-refractivity contribution in [1.29, 1.82) is 5.26 Å². The number of hydrogen-bond acceptors (Lipinski definition) is 2. The summed E-state index contributed by atoms with van der Waals surface area (Å²) in [6.07, 6.45) is 0. The Hall–Kier alpha value is -2.05. The summed E-state index contributed by atoms with van der Waals surface area (Å²) in [7, 11) is 0. The average Bonchev–Trinajstić information content (AvgIpc) is 2.39. The van der Waals surface area contributed by atoms with Crippen molar-refractivity contribution in [2.24, 2.45) is 0 Å². The molecule has 0 aromatic heterocycles. The molecule has 2 rings (SSSR count). The summed E-state index contributed by atoms with van der Waals surface area (Å²) >= 11 is 6.00. The van der Waals surface area contributed by atoms with E-state index in [0.29, 0.717) is 22.8 Å². The molecule has 0 heterocycles. The van der Waals surface area contributed by atoms with Crippen LogP contribution in [-0.2, 0) is 6.54 Å². The standard InChI is InChI=1S/C14H10ClFN2/c15-12-4-2-1-3-11(12)9-18-14-6-5-10(8-17)7-13(14)16/h1-7,18H,9H2. The van der Waals surface area contributed by atoms with Gasteiger partial charge in [0.2, 0.25) is 0 Å². The molecule has 0 amide bonds. The van der Waals surface area contributed by atoms with Crippen LogP contribution in [0, 0.1) is 17.1 Å². The molecule has 2 aromatic rings. The molecule has 2 nitrogen and oxygen atoms in total. The number of anilines is 1. The van der Waals surface area contributed by atoms with E-state index in [1.54, 1.807) is 18.2 Å². The molecule has 4 heteroatoms. The van der Waals surface area contributed by atoms with E-state index in [0.717, 1.165) is 5.56 Å². The zero-order valence-corrected chi connectivity index (χ0v) is 10.2. The monoisotopic (exact) mass is 260 g/mol. The molecule has 0 bridgehead atoms. The molecule has 0 aliphatic carbocycles. The molecule has 0 saturated carbocycles. The third kappa shape index (κ3) is 2.79. The number of halogens is 2. The molecular weight excluding hydrogens is 251 g/mol. The lowest BCUT2D eigenvalue weighted by atomic mass is 10.2. The lowest BCUT2D eigenvalue weighted by Crippen LogP contribution is -2.02. The molecule has 0 spiro atoms. The van der Waals surface area contributed by atoms with Gasteiger partial charge in [0.25, 0.3) is 0 Å². The van der Waals surface area contributed by atoms with Gasteiger partial charge in [-0.25, -0.2) is 4.39 Å². The second-order valence-electron chi connectivity index (χ2n) is 3.75. The van der Waals surface area contributed by atoms with Gasteiger partial charge >= 0.3 is 0 Å². The lowest BCUT2D eigenvalue weighted by Gasteiger charge is -2.09. The van der Waals surface area contributed by atoms with E-state index in [2.05, 4.69) is 5.32 Å². The summed E-state index contributed by atoms with van der Waals surface area (Å²) in [6.45, 7) is 0.433. The van der Waals surface area contributed by atoms with Gasteiger partial charge in [0.15, 0.2) is 0 Å². The predicted octanol–water partition coefficient (Wildman–Crippen LogP) is 3.96. The number of rotatable bonds is 3. The minimum Gasteiger partial charge on any atom is -0.379 e. The molecule has 0 atom stereocenters. The predicted molar refractivity (Wildman–Crippen MR) is 69.9 cm³/mol. The van der Waals surface area contributed by atoms with Gasteiger partial charge in [-0.15, -0.1) is 0 Å². The van der Waals surface area contributed by atoms with E-state index in [4.69, 9.17) is 16.9 Å². The van der Waals surface area contributed by atoms with Gasteiger partial charge < -0.3 is 5.32 Å². The average molecular weight is 261 g/mol. The third-order valence-corrected chi connectivity index (χ3v) is 2.89. The Kier molecular flexibility index (Phi) is 3.81. The Labute approximate surface area is 110 Å². The Balaban J connectivity index is 2.12. The first kappa shape index (κ1) is 12.4. The summed E-state index contributed by atoms with van der Waals surface area (Å²) in [5, 5.41) is 12.2. The van der Waals surface area contributed by atoms with Crippen molar-refractivity contribution in [3.8, 4) is 6.07 Å². The van der Waals surface area contributed by atoms with E-state index in [1.807, 2.05) is 24.3 Å². The second kappa shape index (κ2) is 5.52. The molecular formula is C14H10ClFN2. The maximum absolute atomic E-state index is 13.6. The van der Waals surface area contributed by atoms with E-state index < -0.39 is 5.82 Å². The summed E-state index contributed by atoms with van der Waals surface area (Å²) < 4.78 is 13.6. The van der Waals surface area contributed by atoms with Crippen LogP contribution in [-0.4, -0.2) is 0 Å². The van der Waals surface area contributed by atoms with Crippen molar-refractivity contribution in [1.82, 2.24) is 0 Å². The highest BCUT2D eigenvalue weighted by Crippen LogP contribution is 2.19. The minimum atomic E-state index is -0.443. The van der Waals surface area contributed by atoms with E-state index in [-0.39, 0.29) is 0 Å². The normalized spacial score (nSPS) is 9.83. The van der Waals surface area contributed by atoms with Gasteiger partial charge in [-0.05, 0) is 29.8 Å². The highest BCUT2D eigenvalue weighted by molar-refractivity contribution is 6.31. The van der Waals surface area contributed by atoms with Gasteiger partial charge in [0, 0.05) is 11.6 Å². The Morgan fingerprint density at radius 2 is 2.00 bits per heavy atom. The van der Waals surface area contributed by atoms with Crippen molar-refractivity contribution < 1.29 is 4.39 Å². The van der Waals surface area contributed by atoms with Crippen molar-refractivity contribution in [2.45, 2.75) is 6.54 Å². The molecule has 0 saturated heterocycles. The molecule has 0 unspecified atom stereocenters. The number of nitriles is 1. The van der Waals surface area contributed by atoms with Crippen LogP contribution in [0.3, 0.4) is 0 Å². The summed E-state index contributed by atoms with van der Waals surface area (Å²) in [5.41, 5.74) is 1.55. The second-order valence-corrected chi connectivity index (χ2v) is 4.16. The maximum Gasteiger partial charge on any atom is 0.147 e. The minimum absolute atomic E-state index is 0.302.